The molecule has 6 rings (SSSR count). The van der Waals surface area contributed by atoms with Crippen LogP contribution in [0, 0.1) is 5.92 Å². The van der Waals surface area contributed by atoms with E-state index in [4.69, 9.17) is 22.6 Å². The smallest absolute Gasteiger partial charge is 0.403 e. The first-order valence-electron chi connectivity index (χ1n) is 20.9. The van der Waals surface area contributed by atoms with Crippen LogP contribution in [0.5, 0.6) is 0 Å². The van der Waals surface area contributed by atoms with Crippen molar-refractivity contribution in [3.63, 3.8) is 0 Å². The van der Waals surface area contributed by atoms with Crippen molar-refractivity contribution in [2.45, 2.75) is 38.8 Å². The number of nitrogens with one attached hydrogen (secondary N) is 3. The Bertz CT molecular complexity index is 2570. The molecule has 0 fully saturated rings. The number of nitrogens with two attached hydrogens (primary N) is 1. The molecule has 4 aromatic carbocycles. The van der Waals surface area contributed by atoms with Gasteiger partial charge in [-0.15, -0.1) is 0 Å². The molecule has 0 aliphatic heterocycles. The minimum Gasteiger partial charge on any atom is -0.475 e. The van der Waals surface area contributed by atoms with Gasteiger partial charge < -0.3 is 20.5 Å². The topological polar surface area (TPSA) is 269 Å². The summed E-state index contributed by atoms with van der Waals surface area (Å²) < 4.78 is 20.9. The second-order valence-corrected chi connectivity index (χ2v) is 16.7. The predicted octanol–water partition coefficient (Wildman–Crippen LogP) is 5.35. The Balaban J connectivity index is 0.000000297. The fraction of sp³-hybridized carbons (Fsp3) is 0.255. The summed E-state index contributed by atoms with van der Waals surface area (Å²) in [5.41, 5.74) is 5.69. The molecule has 2 unspecified atom stereocenters. The number of ether oxygens (including phenoxy) is 1. The summed E-state index contributed by atoms with van der Waals surface area (Å²) in [5.74, 6) is -0.135. The van der Waals surface area contributed by atoms with E-state index in [1.165, 1.54) is 10.0 Å². The third kappa shape index (κ3) is 20.3. The van der Waals surface area contributed by atoms with E-state index < -0.39 is 52.8 Å². The number of aliphatic carboxylic acids is 1. The number of carbonyl (C=O) groups excluding carboxylic acids is 6. The molecule has 6 aromatic rings. The van der Waals surface area contributed by atoms with Crippen molar-refractivity contribution in [3.8, 4) is 22.5 Å². The molecular weight excluding hydrogens is 948 g/mol. The summed E-state index contributed by atoms with van der Waals surface area (Å²) in [5, 5.41) is 17.1. The lowest BCUT2D eigenvalue weighted by atomic mass is 10.0. The van der Waals surface area contributed by atoms with E-state index in [9.17, 15) is 33.6 Å². The summed E-state index contributed by atoms with van der Waals surface area (Å²) in [4.78, 5) is 83.8. The molecule has 2 atom stereocenters. The van der Waals surface area contributed by atoms with Gasteiger partial charge in [-0.25, -0.2) is 14.6 Å². The number of Topliss-reactive ketones (excluding diaryl/α,β-unsaturated/α-hetero) is 2. The number of nitrogens with zero attached hydrogens (tertiary/aromatic N) is 6. The Hall–Kier alpha value is -7.14. The Morgan fingerprint density at radius 2 is 0.986 bits per heavy atom. The quantitative estimate of drug-likeness (QED) is 0.0334. The number of hydrogen-bond donors (Lipinski definition) is 5. The Kier molecular flexibility index (Phi) is 24.1. The molecule has 2 aromatic heterocycles. The van der Waals surface area contributed by atoms with Crippen molar-refractivity contribution < 1.29 is 43.4 Å². The van der Waals surface area contributed by atoms with Gasteiger partial charge in [0.05, 0.1) is 30.1 Å². The summed E-state index contributed by atoms with van der Waals surface area (Å²) in [6, 6.07) is 34.0. The summed E-state index contributed by atoms with van der Waals surface area (Å²) in [6.45, 7) is 4.29. The van der Waals surface area contributed by atoms with Crippen LogP contribution in [0.1, 0.15) is 46.0 Å². The van der Waals surface area contributed by atoms with Crippen LogP contribution < -0.4 is 21.9 Å². The van der Waals surface area contributed by atoms with Gasteiger partial charge >= 0.3 is 17.3 Å². The molecule has 0 bridgehead atoms. The number of ketones is 2. The van der Waals surface area contributed by atoms with Gasteiger partial charge in [0.15, 0.2) is 11.4 Å². The Labute approximate surface area is 412 Å². The van der Waals surface area contributed by atoms with Gasteiger partial charge in [-0.3, -0.25) is 40.3 Å². The minimum atomic E-state index is -1.60. The average molecular weight is 1000 g/mol. The van der Waals surface area contributed by atoms with Crippen LogP contribution in [-0.4, -0.2) is 120 Å². The third-order valence-electron chi connectivity index (χ3n) is 8.60. The van der Waals surface area contributed by atoms with Crippen LogP contribution >= 0.6 is 35.1 Å². The highest BCUT2D eigenvalue weighted by Gasteiger charge is 2.31. The first kappa shape index (κ1) is 56.2. The molecule has 0 saturated carbocycles. The molecule has 69 heavy (non-hydrogen) atoms. The van der Waals surface area contributed by atoms with E-state index in [-0.39, 0.29) is 24.2 Å². The van der Waals surface area contributed by atoms with E-state index in [0.29, 0.717) is 29.5 Å². The predicted molar refractivity (Wildman–Crippen MR) is 263 cm³/mol. The number of carbonyl (C=O) groups is 7. The van der Waals surface area contributed by atoms with Crippen LogP contribution in [0.25, 0.3) is 22.5 Å². The number of halogens is 1. The van der Waals surface area contributed by atoms with Crippen molar-refractivity contribution in [2.75, 3.05) is 34.8 Å². The van der Waals surface area contributed by atoms with Crippen molar-refractivity contribution in [1.29, 1.82) is 0 Å². The van der Waals surface area contributed by atoms with E-state index in [1.54, 1.807) is 64.6 Å². The van der Waals surface area contributed by atoms with Gasteiger partial charge in [0.1, 0.15) is 23.5 Å². The van der Waals surface area contributed by atoms with E-state index >= 15 is 0 Å². The van der Waals surface area contributed by atoms with E-state index in [2.05, 4.69) is 38.3 Å². The van der Waals surface area contributed by atoms with Crippen molar-refractivity contribution >= 4 is 75.7 Å². The number of amides is 3. The van der Waals surface area contributed by atoms with Crippen molar-refractivity contribution in [3.05, 3.63) is 144 Å². The molecule has 364 valence electrons. The van der Waals surface area contributed by atoms with Gasteiger partial charge in [0, 0.05) is 63.8 Å². The minimum absolute atomic E-state index is 0.0578. The first-order valence-corrected chi connectivity index (χ1v) is 22.7. The zero-order chi connectivity index (χ0) is 50.9. The van der Waals surface area contributed by atoms with Crippen molar-refractivity contribution in [2.24, 2.45) is 11.8 Å². The maximum Gasteiger partial charge on any atom is 0.403 e. The lowest BCUT2D eigenvalue weighted by molar-refractivity contribution is -0.149. The largest absolute Gasteiger partial charge is 0.475 e. The maximum atomic E-state index is 12.9. The second-order valence-electron chi connectivity index (χ2n) is 15.4. The monoisotopic (exact) mass is 1000 g/mol. The molecule has 22 heteroatoms. The maximum absolute atomic E-state index is 12.9. The molecule has 3 amide bonds. The highest BCUT2D eigenvalue weighted by atomic mass is 35.5. The normalized spacial score (nSPS) is 11.2. The number of carboxylic acids is 1. The molecule has 2 heterocycles. The van der Waals surface area contributed by atoms with Crippen LogP contribution in [0.3, 0.4) is 0 Å². The number of hydrogen-bond acceptors (Lipinski definition) is 17. The van der Waals surface area contributed by atoms with Crippen LogP contribution in [0.15, 0.2) is 121 Å². The molecule has 0 saturated heterocycles. The standard InChI is InChI=1S/C21H21N5O3S.C19H15N3O4S.C5H9ClO2.C2H8N2/c1-26(2)23-21(29)19(27)16(13-14-9-5-3-6-10-14)22-20(28)18-17(24-30-25-18)15-11-7-4-8-12-15;23-17(19(25)26)14(11-12-7-3-1-4-8-12)20-18(24)16-15(21-27-22-16)13-9-5-2-6-10-13;1-4(2)3-8-5(6)7;1-4(2)3/h3-12,16H,13H2,1-2H3,(H,22,28)(H,23,29);1-10,14H,11H2,(H,20,24)(H,25,26);4H,3H2,1-2H3;3H2,1-2H3. The molecular formula is C47H53ClN10O9S2. The van der Waals surface area contributed by atoms with Gasteiger partial charge in [0.25, 0.3) is 17.6 Å². The van der Waals surface area contributed by atoms with E-state index in [1.807, 2.05) is 98.8 Å². The first-order chi connectivity index (χ1) is 32.9. The summed E-state index contributed by atoms with van der Waals surface area (Å²) in [7, 11) is 6.76. The SMILES string of the molecule is CC(C)COC(=O)Cl.CN(C)N.CN(C)NC(=O)C(=O)C(Cc1ccccc1)NC(=O)c1nsnc1-c1ccccc1.O=C(O)C(=O)C(Cc1ccccc1)NC(=O)c1nsnc1-c1ccccc1. The molecule has 6 N–H and O–H groups in total. The van der Waals surface area contributed by atoms with E-state index in [0.717, 1.165) is 40.1 Å². The number of aromatic nitrogens is 4. The fourth-order valence-electron chi connectivity index (χ4n) is 5.61. The number of hydrazine groups is 2. The number of benzene rings is 4. The Morgan fingerprint density at radius 1 is 0.623 bits per heavy atom. The van der Waals surface area contributed by atoms with Gasteiger partial charge in [0.2, 0.25) is 5.78 Å². The molecule has 0 spiro atoms. The highest BCUT2D eigenvalue weighted by molar-refractivity contribution is 6.99. The van der Waals surface area contributed by atoms with Gasteiger partial charge in [-0.05, 0) is 17.0 Å². The van der Waals surface area contributed by atoms with Gasteiger partial charge in [-0.1, -0.05) is 135 Å². The summed E-state index contributed by atoms with van der Waals surface area (Å²) in [6.07, 6.45) is 0.237. The lowest BCUT2D eigenvalue weighted by Crippen LogP contribution is -2.51. The average Bonchev–Trinajstić information content (AvgIpc) is 4.03. The third-order valence-corrected chi connectivity index (χ3v) is 9.77. The van der Waals surface area contributed by atoms with Crippen LogP contribution in [-0.2, 0) is 36.8 Å². The van der Waals surface area contributed by atoms with Crippen molar-refractivity contribution in [1.82, 2.24) is 43.6 Å². The molecule has 19 nitrogen and oxygen atoms in total. The fourth-order valence-corrected chi connectivity index (χ4v) is 6.81. The summed E-state index contributed by atoms with van der Waals surface area (Å²) >= 11 is 6.65. The van der Waals surface area contributed by atoms with Crippen LogP contribution in [0.4, 0.5) is 4.79 Å². The number of carboxylic acid groups (broad SMARTS) is 1. The second kappa shape index (κ2) is 29.6. The zero-order valence-electron chi connectivity index (χ0n) is 38.6. The van der Waals surface area contributed by atoms with Crippen LogP contribution in [0.2, 0.25) is 0 Å². The highest BCUT2D eigenvalue weighted by Crippen LogP contribution is 2.23. The molecule has 0 radical (unpaired) electrons. The molecule has 0 aliphatic carbocycles. The van der Waals surface area contributed by atoms with Gasteiger partial charge in [-0.2, -0.15) is 17.5 Å². The number of rotatable bonds is 17. The lowest BCUT2D eigenvalue weighted by Gasteiger charge is -2.19. The zero-order valence-corrected chi connectivity index (χ0v) is 41.0. The Morgan fingerprint density at radius 3 is 1.30 bits per heavy atom. The molecule has 0 aliphatic rings.